The molecule has 0 saturated carbocycles. The Labute approximate surface area is 201 Å². The SMILES string of the molecule is C[C@@H](NC(=O)c1ccc(=O)n(-c2cccc(N3CCCCC3)c2)c1)c1cc(N)cc(C(F)(F)F)c1. The number of hydrogen-bond acceptors (Lipinski definition) is 4. The molecule has 184 valence electrons. The predicted octanol–water partition coefficient (Wildman–Crippen LogP) is 4.92. The number of hydrogen-bond donors (Lipinski definition) is 2. The minimum Gasteiger partial charge on any atom is -0.399 e. The molecule has 9 heteroatoms. The van der Waals surface area contributed by atoms with Gasteiger partial charge in [0.2, 0.25) is 0 Å². The van der Waals surface area contributed by atoms with Gasteiger partial charge in [0.1, 0.15) is 0 Å². The molecule has 1 fully saturated rings. The van der Waals surface area contributed by atoms with E-state index in [1.807, 2.05) is 18.2 Å². The number of alkyl halides is 3. The first kappa shape index (κ1) is 24.4. The van der Waals surface area contributed by atoms with Crippen LogP contribution in [0.5, 0.6) is 0 Å². The van der Waals surface area contributed by atoms with Crippen LogP contribution in [0.4, 0.5) is 24.5 Å². The first-order valence-electron chi connectivity index (χ1n) is 11.5. The number of nitrogens with one attached hydrogen (secondary N) is 1. The molecule has 0 aliphatic carbocycles. The number of nitrogen functional groups attached to an aromatic ring is 1. The lowest BCUT2D eigenvalue weighted by Gasteiger charge is -2.29. The molecule has 6 nitrogen and oxygen atoms in total. The Morgan fingerprint density at radius 2 is 1.71 bits per heavy atom. The zero-order valence-electron chi connectivity index (χ0n) is 19.3. The number of benzene rings is 2. The molecule has 1 saturated heterocycles. The van der Waals surface area contributed by atoms with Crippen LogP contribution in [0.1, 0.15) is 53.7 Å². The second-order valence-electron chi connectivity index (χ2n) is 8.77. The standard InChI is InChI=1S/C26H27F3N4O2/c1-17(19-12-20(26(27,28)29)14-21(30)13-19)31-25(35)18-8-9-24(34)33(16-18)23-7-5-6-22(15-23)32-10-3-2-4-11-32/h5-9,12-17H,2-4,10-11,30H2,1H3,(H,31,35)/t17-/m1/s1. The monoisotopic (exact) mass is 484 g/mol. The topological polar surface area (TPSA) is 80.4 Å². The van der Waals surface area contributed by atoms with Crippen LogP contribution in [0.15, 0.2) is 65.6 Å². The molecule has 0 unspecified atom stereocenters. The number of nitrogens with zero attached hydrogens (tertiary/aromatic N) is 2. The third kappa shape index (κ3) is 5.67. The highest BCUT2D eigenvalue weighted by molar-refractivity contribution is 5.94. The lowest BCUT2D eigenvalue weighted by molar-refractivity contribution is -0.137. The van der Waals surface area contributed by atoms with Gasteiger partial charge in [-0.1, -0.05) is 6.07 Å². The van der Waals surface area contributed by atoms with E-state index in [0.29, 0.717) is 5.69 Å². The molecule has 1 aliphatic heterocycles. The summed E-state index contributed by atoms with van der Waals surface area (Å²) in [4.78, 5) is 27.8. The van der Waals surface area contributed by atoms with Gasteiger partial charge in [0.15, 0.2) is 0 Å². The van der Waals surface area contributed by atoms with Crippen molar-refractivity contribution in [2.45, 2.75) is 38.4 Å². The fraction of sp³-hybridized carbons (Fsp3) is 0.308. The van der Waals surface area contributed by atoms with E-state index in [0.717, 1.165) is 43.8 Å². The second kappa shape index (κ2) is 9.85. The third-order valence-electron chi connectivity index (χ3n) is 6.15. The molecule has 0 radical (unpaired) electrons. The number of pyridine rings is 1. The number of rotatable bonds is 5. The highest BCUT2D eigenvalue weighted by atomic mass is 19.4. The quantitative estimate of drug-likeness (QED) is 0.504. The maximum absolute atomic E-state index is 13.2. The van der Waals surface area contributed by atoms with Gasteiger partial charge in [-0.25, -0.2) is 0 Å². The number of aromatic nitrogens is 1. The highest BCUT2D eigenvalue weighted by Gasteiger charge is 2.31. The Morgan fingerprint density at radius 3 is 2.43 bits per heavy atom. The third-order valence-corrected chi connectivity index (χ3v) is 6.15. The first-order chi connectivity index (χ1) is 16.6. The lowest BCUT2D eigenvalue weighted by atomic mass is 10.0. The van der Waals surface area contributed by atoms with Crippen LogP contribution >= 0.6 is 0 Å². The molecule has 0 spiro atoms. The molecule has 0 bridgehead atoms. The van der Waals surface area contributed by atoms with Gasteiger partial charge in [0.05, 0.1) is 22.9 Å². The summed E-state index contributed by atoms with van der Waals surface area (Å²) in [5.74, 6) is -0.519. The minimum atomic E-state index is -4.55. The summed E-state index contributed by atoms with van der Waals surface area (Å²) in [5, 5.41) is 2.69. The maximum atomic E-state index is 13.2. The Hall–Kier alpha value is -3.75. The van der Waals surface area contributed by atoms with Crippen LogP contribution in [-0.2, 0) is 6.18 Å². The van der Waals surface area contributed by atoms with Crippen LogP contribution in [0.3, 0.4) is 0 Å². The molecule has 1 amide bonds. The zero-order chi connectivity index (χ0) is 25.2. The summed E-state index contributed by atoms with van der Waals surface area (Å²) in [6.45, 7) is 3.49. The van der Waals surface area contributed by atoms with Crippen molar-refractivity contribution < 1.29 is 18.0 Å². The molecule has 1 aliphatic rings. The number of carbonyl (C=O) groups is 1. The van der Waals surface area contributed by atoms with Crippen molar-refractivity contribution in [1.29, 1.82) is 0 Å². The maximum Gasteiger partial charge on any atom is 0.416 e. The van der Waals surface area contributed by atoms with E-state index in [4.69, 9.17) is 5.73 Å². The van der Waals surface area contributed by atoms with Gasteiger partial charge in [0.25, 0.3) is 11.5 Å². The molecule has 35 heavy (non-hydrogen) atoms. The summed E-state index contributed by atoms with van der Waals surface area (Å²) in [7, 11) is 0. The lowest BCUT2D eigenvalue weighted by Crippen LogP contribution is -2.30. The molecule has 2 aromatic carbocycles. The average Bonchev–Trinajstić information content (AvgIpc) is 2.84. The molecular formula is C26H27F3N4O2. The van der Waals surface area contributed by atoms with Gasteiger partial charge in [-0.05, 0) is 74.2 Å². The van der Waals surface area contributed by atoms with Crippen molar-refractivity contribution in [3.63, 3.8) is 0 Å². The summed E-state index contributed by atoms with van der Waals surface area (Å²) >= 11 is 0. The van der Waals surface area contributed by atoms with Crippen LogP contribution < -0.4 is 21.5 Å². The number of nitrogens with two attached hydrogens (primary N) is 1. The minimum absolute atomic E-state index is 0.0435. The van der Waals surface area contributed by atoms with Crippen molar-refractivity contribution >= 4 is 17.3 Å². The summed E-state index contributed by atoms with van der Waals surface area (Å²) < 4.78 is 40.9. The van der Waals surface area contributed by atoms with Gasteiger partial charge in [0, 0.05) is 36.7 Å². The van der Waals surface area contributed by atoms with Crippen LogP contribution in [0, 0.1) is 0 Å². The van der Waals surface area contributed by atoms with Gasteiger partial charge in [-0.3, -0.25) is 14.2 Å². The second-order valence-corrected chi connectivity index (χ2v) is 8.77. The smallest absolute Gasteiger partial charge is 0.399 e. The fourth-order valence-corrected chi connectivity index (χ4v) is 4.27. The molecule has 4 rings (SSSR count). The predicted molar refractivity (Wildman–Crippen MR) is 130 cm³/mol. The molecule has 2 heterocycles. The van der Waals surface area contributed by atoms with Crippen LogP contribution in [-0.4, -0.2) is 23.6 Å². The van der Waals surface area contributed by atoms with Crippen molar-refractivity contribution in [2.75, 3.05) is 23.7 Å². The van der Waals surface area contributed by atoms with E-state index in [9.17, 15) is 22.8 Å². The van der Waals surface area contributed by atoms with Crippen LogP contribution in [0.2, 0.25) is 0 Å². The zero-order valence-corrected chi connectivity index (χ0v) is 19.3. The number of carbonyl (C=O) groups excluding carboxylic acids is 1. The number of amides is 1. The number of anilines is 2. The summed E-state index contributed by atoms with van der Waals surface area (Å²) in [5.41, 5.74) is 6.51. The van der Waals surface area contributed by atoms with E-state index in [-0.39, 0.29) is 22.4 Å². The van der Waals surface area contributed by atoms with Gasteiger partial charge >= 0.3 is 6.18 Å². The molecule has 3 N–H and O–H groups in total. The van der Waals surface area contributed by atoms with Gasteiger partial charge in [-0.2, -0.15) is 13.2 Å². The van der Waals surface area contributed by atoms with Crippen molar-refractivity contribution in [3.05, 3.63) is 87.8 Å². The van der Waals surface area contributed by atoms with Crippen molar-refractivity contribution in [1.82, 2.24) is 9.88 Å². The van der Waals surface area contributed by atoms with E-state index in [1.165, 1.54) is 35.4 Å². The van der Waals surface area contributed by atoms with Crippen molar-refractivity contribution in [2.24, 2.45) is 0 Å². The largest absolute Gasteiger partial charge is 0.416 e. The Balaban J connectivity index is 1.57. The normalized spacial score (nSPS) is 15.0. The number of halogens is 3. The Bertz CT molecular complexity index is 1280. The first-order valence-corrected chi connectivity index (χ1v) is 11.5. The molecule has 1 aromatic heterocycles. The Kier molecular flexibility index (Phi) is 6.86. The molecular weight excluding hydrogens is 457 g/mol. The van der Waals surface area contributed by atoms with E-state index in [1.54, 1.807) is 13.0 Å². The average molecular weight is 485 g/mol. The van der Waals surface area contributed by atoms with E-state index in [2.05, 4.69) is 10.2 Å². The summed E-state index contributed by atoms with van der Waals surface area (Å²) in [6, 6.07) is 12.8. The van der Waals surface area contributed by atoms with Gasteiger partial charge < -0.3 is 16.0 Å². The fourth-order valence-electron chi connectivity index (χ4n) is 4.27. The van der Waals surface area contributed by atoms with E-state index < -0.39 is 23.7 Å². The highest BCUT2D eigenvalue weighted by Crippen LogP contribution is 2.32. The molecule has 3 aromatic rings. The summed E-state index contributed by atoms with van der Waals surface area (Å²) in [6.07, 6.45) is 0.343. The Morgan fingerprint density at radius 1 is 1.00 bits per heavy atom. The van der Waals surface area contributed by atoms with E-state index >= 15 is 0 Å². The van der Waals surface area contributed by atoms with Crippen molar-refractivity contribution in [3.8, 4) is 5.69 Å². The molecule has 1 atom stereocenters. The van der Waals surface area contributed by atoms with Gasteiger partial charge in [-0.15, -0.1) is 0 Å². The number of piperidine rings is 1. The van der Waals surface area contributed by atoms with Crippen LogP contribution in [0.25, 0.3) is 5.69 Å².